The number of aliphatic hydroxyl groups is 1. The summed E-state index contributed by atoms with van der Waals surface area (Å²) < 4.78 is 38.0. The molecule has 9 heteroatoms. The van der Waals surface area contributed by atoms with Crippen molar-refractivity contribution in [2.45, 2.75) is 25.7 Å². The molecule has 0 saturated heterocycles. The molecular formula is C12H13F3N4O2. The Bertz CT molecular complexity index is 653. The molecule has 2 N–H and O–H groups in total. The van der Waals surface area contributed by atoms with E-state index in [1.165, 1.54) is 12.1 Å². The van der Waals surface area contributed by atoms with Crippen LogP contribution in [0.15, 0.2) is 18.2 Å². The predicted octanol–water partition coefficient (Wildman–Crippen LogP) is 1.10. The van der Waals surface area contributed by atoms with Crippen LogP contribution in [0.4, 0.5) is 13.2 Å². The predicted molar refractivity (Wildman–Crippen MR) is 67.6 cm³/mol. The first-order chi connectivity index (χ1) is 9.82. The molecule has 0 spiro atoms. The third kappa shape index (κ3) is 3.30. The van der Waals surface area contributed by atoms with Crippen LogP contribution in [-0.2, 0) is 6.54 Å². The van der Waals surface area contributed by atoms with Crippen LogP contribution >= 0.6 is 0 Å². The van der Waals surface area contributed by atoms with Gasteiger partial charge in [0.15, 0.2) is 6.10 Å². The number of aliphatic hydroxyl groups excluding tert-OH is 1. The number of nitrogens with zero attached hydrogens (tertiary/aromatic N) is 3. The summed E-state index contributed by atoms with van der Waals surface area (Å²) in [4.78, 5) is 11.8. The third-order valence-electron chi connectivity index (χ3n) is 2.91. The van der Waals surface area contributed by atoms with Gasteiger partial charge in [0.25, 0.3) is 5.91 Å². The van der Waals surface area contributed by atoms with Crippen LogP contribution in [0.3, 0.4) is 0 Å². The van der Waals surface area contributed by atoms with Crippen molar-refractivity contribution in [1.82, 2.24) is 20.3 Å². The number of benzene rings is 1. The average molecular weight is 302 g/mol. The Morgan fingerprint density at radius 2 is 2.19 bits per heavy atom. The van der Waals surface area contributed by atoms with Crippen LogP contribution in [0.2, 0.25) is 0 Å². The van der Waals surface area contributed by atoms with E-state index in [0.29, 0.717) is 12.1 Å². The largest absolute Gasteiger partial charge is 0.416 e. The molecule has 0 fully saturated rings. The van der Waals surface area contributed by atoms with Gasteiger partial charge in [-0.1, -0.05) is 5.21 Å². The van der Waals surface area contributed by atoms with Gasteiger partial charge in [0.05, 0.1) is 12.1 Å². The first kappa shape index (κ1) is 15.2. The lowest BCUT2D eigenvalue weighted by Gasteiger charge is -2.14. The van der Waals surface area contributed by atoms with E-state index >= 15 is 0 Å². The lowest BCUT2D eigenvalue weighted by Crippen LogP contribution is -2.40. The van der Waals surface area contributed by atoms with E-state index in [-0.39, 0.29) is 5.56 Å². The summed E-state index contributed by atoms with van der Waals surface area (Å²) in [5.41, 5.74) is 1.35. The van der Waals surface area contributed by atoms with Gasteiger partial charge in [-0.2, -0.15) is 13.2 Å². The fourth-order valence-electron chi connectivity index (χ4n) is 1.75. The van der Waals surface area contributed by atoms with Crippen LogP contribution in [0, 0.1) is 0 Å². The maximum absolute atomic E-state index is 12.1. The minimum Gasteiger partial charge on any atom is -0.382 e. The minimum absolute atomic E-state index is 0.153. The zero-order chi connectivity index (χ0) is 15.6. The molecule has 0 bridgehead atoms. The molecule has 0 aliphatic heterocycles. The topological polar surface area (TPSA) is 80.0 Å². The summed E-state index contributed by atoms with van der Waals surface area (Å²) in [6.07, 6.45) is -7.35. The van der Waals surface area contributed by atoms with Crippen LogP contribution in [0.5, 0.6) is 0 Å². The van der Waals surface area contributed by atoms with E-state index in [2.05, 4.69) is 10.3 Å². The molecule has 1 unspecified atom stereocenters. The van der Waals surface area contributed by atoms with Gasteiger partial charge in [-0.25, -0.2) is 4.68 Å². The smallest absolute Gasteiger partial charge is 0.382 e. The Balaban J connectivity index is 2.09. The maximum atomic E-state index is 12.1. The number of amides is 1. The van der Waals surface area contributed by atoms with Crippen LogP contribution < -0.4 is 5.32 Å². The maximum Gasteiger partial charge on any atom is 0.416 e. The molecule has 6 nitrogen and oxygen atoms in total. The van der Waals surface area contributed by atoms with Crippen molar-refractivity contribution in [3.63, 3.8) is 0 Å². The number of rotatable bonds is 4. The monoisotopic (exact) mass is 302 g/mol. The summed E-state index contributed by atoms with van der Waals surface area (Å²) in [6.45, 7) is 1.59. The average Bonchev–Trinajstić information content (AvgIpc) is 2.85. The Hall–Kier alpha value is -2.16. The van der Waals surface area contributed by atoms with Crippen molar-refractivity contribution in [2.24, 2.45) is 0 Å². The first-order valence-corrected chi connectivity index (χ1v) is 6.19. The number of carbonyl (C=O) groups excluding carboxylic acids is 1. The highest BCUT2D eigenvalue weighted by Gasteiger charge is 2.38. The number of hydrogen-bond acceptors (Lipinski definition) is 4. The molecule has 0 aliphatic rings. The first-order valence-electron chi connectivity index (χ1n) is 6.19. The lowest BCUT2D eigenvalue weighted by molar-refractivity contribution is -0.201. The quantitative estimate of drug-likeness (QED) is 0.886. The van der Waals surface area contributed by atoms with Gasteiger partial charge in [0, 0.05) is 12.1 Å². The van der Waals surface area contributed by atoms with Gasteiger partial charge in [0.1, 0.15) is 5.52 Å². The molecule has 1 aromatic carbocycles. The van der Waals surface area contributed by atoms with Crippen molar-refractivity contribution in [2.75, 3.05) is 6.54 Å². The van der Waals surface area contributed by atoms with Gasteiger partial charge < -0.3 is 10.4 Å². The van der Waals surface area contributed by atoms with Crippen molar-refractivity contribution in [1.29, 1.82) is 0 Å². The molecule has 0 saturated carbocycles. The summed E-state index contributed by atoms with van der Waals surface area (Å²) in [6, 6.07) is 4.52. The molecular weight excluding hydrogens is 289 g/mol. The second-order valence-electron chi connectivity index (χ2n) is 4.38. The fraction of sp³-hybridized carbons (Fsp3) is 0.417. The lowest BCUT2D eigenvalue weighted by atomic mass is 10.2. The molecule has 1 amide bonds. The van der Waals surface area contributed by atoms with Crippen molar-refractivity contribution in [3.05, 3.63) is 23.8 Å². The van der Waals surface area contributed by atoms with Crippen LogP contribution in [0.25, 0.3) is 11.0 Å². The van der Waals surface area contributed by atoms with E-state index in [0.717, 1.165) is 5.52 Å². The number of aryl methyl sites for hydroxylation is 1. The zero-order valence-corrected chi connectivity index (χ0v) is 11.1. The number of carbonyl (C=O) groups is 1. The molecule has 2 aromatic rings. The van der Waals surface area contributed by atoms with Gasteiger partial charge in [-0.15, -0.1) is 5.10 Å². The van der Waals surface area contributed by atoms with E-state index in [4.69, 9.17) is 5.11 Å². The van der Waals surface area contributed by atoms with Crippen molar-refractivity contribution in [3.8, 4) is 0 Å². The molecule has 1 atom stereocenters. The highest BCUT2D eigenvalue weighted by molar-refractivity contribution is 5.97. The summed E-state index contributed by atoms with van der Waals surface area (Å²) in [5.74, 6) is -0.716. The van der Waals surface area contributed by atoms with Crippen molar-refractivity contribution >= 4 is 16.9 Å². The second kappa shape index (κ2) is 5.68. The number of nitrogens with one attached hydrogen (secondary N) is 1. The fourth-order valence-corrected chi connectivity index (χ4v) is 1.75. The summed E-state index contributed by atoms with van der Waals surface area (Å²) >= 11 is 0. The van der Waals surface area contributed by atoms with E-state index in [1.54, 1.807) is 10.7 Å². The molecule has 0 radical (unpaired) electrons. The number of fused-ring (bicyclic) bond motifs is 1. The van der Waals surface area contributed by atoms with Crippen molar-refractivity contribution < 1.29 is 23.1 Å². The number of aromatic nitrogens is 3. The number of hydrogen-bond donors (Lipinski definition) is 2. The number of alkyl halides is 3. The Labute approximate surface area is 117 Å². The van der Waals surface area contributed by atoms with E-state index < -0.39 is 24.7 Å². The molecule has 0 aliphatic carbocycles. The standard InChI is InChI=1S/C12H13F3N4O2/c1-2-19-9-4-3-7(5-8(9)17-18-19)11(21)16-6-10(20)12(13,14)15/h3-5,10,20H,2,6H2,1H3,(H,16,21). The molecule has 1 aromatic heterocycles. The summed E-state index contributed by atoms with van der Waals surface area (Å²) in [5, 5.41) is 18.6. The van der Waals surface area contributed by atoms with Gasteiger partial charge in [0.2, 0.25) is 0 Å². The van der Waals surface area contributed by atoms with Crippen LogP contribution in [0.1, 0.15) is 17.3 Å². The Morgan fingerprint density at radius 3 is 2.81 bits per heavy atom. The Morgan fingerprint density at radius 1 is 1.48 bits per heavy atom. The van der Waals surface area contributed by atoms with Crippen LogP contribution in [-0.4, -0.2) is 44.8 Å². The molecule has 21 heavy (non-hydrogen) atoms. The second-order valence-corrected chi connectivity index (χ2v) is 4.38. The van der Waals surface area contributed by atoms with Gasteiger partial charge in [-0.3, -0.25) is 4.79 Å². The molecule has 1 heterocycles. The molecule has 2 rings (SSSR count). The highest BCUT2D eigenvalue weighted by atomic mass is 19.4. The normalized spacial score (nSPS) is 13.4. The number of halogens is 3. The zero-order valence-electron chi connectivity index (χ0n) is 11.1. The SMILES string of the molecule is CCn1nnc2cc(C(=O)NCC(O)C(F)(F)F)ccc21. The Kier molecular flexibility index (Phi) is 4.12. The molecule has 114 valence electrons. The minimum atomic E-state index is -4.76. The third-order valence-corrected chi connectivity index (χ3v) is 2.91. The highest BCUT2D eigenvalue weighted by Crippen LogP contribution is 2.19. The van der Waals surface area contributed by atoms with Gasteiger partial charge in [-0.05, 0) is 25.1 Å². The van der Waals surface area contributed by atoms with E-state index in [9.17, 15) is 18.0 Å². The van der Waals surface area contributed by atoms with E-state index in [1.807, 2.05) is 12.2 Å². The van der Waals surface area contributed by atoms with Gasteiger partial charge >= 0.3 is 6.18 Å². The summed E-state index contributed by atoms with van der Waals surface area (Å²) in [7, 11) is 0.